The van der Waals surface area contributed by atoms with Gasteiger partial charge in [-0.15, -0.1) is 0 Å². The molecule has 3 N–H and O–H groups in total. The van der Waals surface area contributed by atoms with E-state index in [0.29, 0.717) is 18.2 Å². The Hall–Kier alpha value is -2.24. The van der Waals surface area contributed by atoms with Crippen molar-refractivity contribution in [2.45, 2.75) is 25.8 Å². The SMILES string of the molecule is COC(=O)Nc1ccc(CN=C(N)N2CCCCC2)cc1. The minimum Gasteiger partial charge on any atom is -0.453 e. The Morgan fingerprint density at radius 3 is 2.57 bits per heavy atom. The Kier molecular flexibility index (Phi) is 5.43. The normalized spacial score (nSPS) is 15.7. The number of rotatable bonds is 3. The topological polar surface area (TPSA) is 79.9 Å². The molecular formula is C15H22N4O2. The highest BCUT2D eigenvalue weighted by Crippen LogP contribution is 2.12. The number of piperidine rings is 1. The number of likely N-dealkylation sites (tertiary alicyclic amines) is 1. The lowest BCUT2D eigenvalue weighted by atomic mass is 10.1. The number of benzene rings is 1. The number of guanidine groups is 1. The first-order valence-electron chi connectivity index (χ1n) is 7.18. The molecule has 0 aliphatic carbocycles. The second kappa shape index (κ2) is 7.52. The Morgan fingerprint density at radius 2 is 1.95 bits per heavy atom. The van der Waals surface area contributed by atoms with Crippen LogP contribution in [0.1, 0.15) is 24.8 Å². The summed E-state index contributed by atoms with van der Waals surface area (Å²) in [5.41, 5.74) is 7.75. The molecule has 6 nitrogen and oxygen atoms in total. The Bertz CT molecular complexity index is 493. The van der Waals surface area contributed by atoms with Gasteiger partial charge >= 0.3 is 6.09 Å². The van der Waals surface area contributed by atoms with Crippen molar-refractivity contribution in [2.75, 3.05) is 25.5 Å². The van der Waals surface area contributed by atoms with Crippen LogP contribution in [0, 0.1) is 0 Å². The van der Waals surface area contributed by atoms with Crippen molar-refractivity contribution >= 4 is 17.7 Å². The minimum absolute atomic E-state index is 0.477. The van der Waals surface area contributed by atoms with Crippen LogP contribution >= 0.6 is 0 Å². The molecule has 114 valence electrons. The van der Waals surface area contributed by atoms with Gasteiger partial charge in [0.25, 0.3) is 0 Å². The number of nitrogens with one attached hydrogen (secondary N) is 1. The van der Waals surface area contributed by atoms with E-state index in [-0.39, 0.29) is 0 Å². The van der Waals surface area contributed by atoms with Gasteiger partial charge in [0, 0.05) is 18.8 Å². The Balaban J connectivity index is 1.89. The van der Waals surface area contributed by atoms with Crippen LogP contribution in [-0.2, 0) is 11.3 Å². The fraction of sp³-hybridized carbons (Fsp3) is 0.467. The molecule has 0 saturated carbocycles. The van der Waals surface area contributed by atoms with Crippen molar-refractivity contribution in [3.63, 3.8) is 0 Å². The first-order chi connectivity index (χ1) is 10.2. The molecule has 0 unspecified atom stereocenters. The van der Waals surface area contributed by atoms with Crippen LogP contribution in [0.15, 0.2) is 29.3 Å². The predicted octanol–water partition coefficient (Wildman–Crippen LogP) is 2.17. The van der Waals surface area contributed by atoms with E-state index >= 15 is 0 Å². The summed E-state index contributed by atoms with van der Waals surface area (Å²) in [6.45, 7) is 2.54. The third-order valence-electron chi connectivity index (χ3n) is 3.49. The summed E-state index contributed by atoms with van der Waals surface area (Å²) < 4.78 is 4.54. The lowest BCUT2D eigenvalue weighted by Gasteiger charge is -2.27. The van der Waals surface area contributed by atoms with Gasteiger partial charge in [0.05, 0.1) is 13.7 Å². The molecule has 1 saturated heterocycles. The zero-order chi connectivity index (χ0) is 15.1. The highest BCUT2D eigenvalue weighted by molar-refractivity contribution is 5.84. The third-order valence-corrected chi connectivity index (χ3v) is 3.49. The van der Waals surface area contributed by atoms with Gasteiger partial charge in [-0.2, -0.15) is 0 Å². The first-order valence-corrected chi connectivity index (χ1v) is 7.18. The summed E-state index contributed by atoms with van der Waals surface area (Å²) in [5.74, 6) is 0.617. The van der Waals surface area contributed by atoms with Gasteiger partial charge < -0.3 is 15.4 Å². The highest BCUT2D eigenvalue weighted by Gasteiger charge is 2.11. The van der Waals surface area contributed by atoms with Crippen molar-refractivity contribution < 1.29 is 9.53 Å². The number of hydrogen-bond acceptors (Lipinski definition) is 3. The summed E-state index contributed by atoms with van der Waals surface area (Å²) in [4.78, 5) is 17.6. The molecule has 1 amide bonds. The lowest BCUT2D eigenvalue weighted by molar-refractivity contribution is 0.187. The molecule has 1 heterocycles. The molecule has 1 aromatic rings. The van der Waals surface area contributed by atoms with Gasteiger partial charge in [-0.3, -0.25) is 5.32 Å². The van der Waals surface area contributed by atoms with Crippen LogP contribution in [0.25, 0.3) is 0 Å². The van der Waals surface area contributed by atoms with Gasteiger partial charge in [0.1, 0.15) is 0 Å². The number of hydrogen-bond donors (Lipinski definition) is 2. The summed E-state index contributed by atoms with van der Waals surface area (Å²) >= 11 is 0. The largest absolute Gasteiger partial charge is 0.453 e. The van der Waals surface area contributed by atoms with E-state index in [1.54, 1.807) is 0 Å². The number of methoxy groups -OCH3 is 1. The second-order valence-electron chi connectivity index (χ2n) is 5.04. The predicted molar refractivity (Wildman–Crippen MR) is 83.2 cm³/mol. The van der Waals surface area contributed by atoms with E-state index in [4.69, 9.17) is 5.73 Å². The summed E-state index contributed by atoms with van der Waals surface area (Å²) in [6, 6.07) is 7.47. The van der Waals surface area contributed by atoms with E-state index < -0.39 is 6.09 Å². The number of aliphatic imine (C=N–C) groups is 1. The number of amides is 1. The second-order valence-corrected chi connectivity index (χ2v) is 5.04. The number of nitrogens with zero attached hydrogens (tertiary/aromatic N) is 2. The number of anilines is 1. The van der Waals surface area contributed by atoms with Crippen molar-refractivity contribution in [2.24, 2.45) is 10.7 Å². The molecule has 21 heavy (non-hydrogen) atoms. The molecule has 1 fully saturated rings. The van der Waals surface area contributed by atoms with Crippen molar-refractivity contribution in [3.05, 3.63) is 29.8 Å². The van der Waals surface area contributed by atoms with Crippen LogP contribution < -0.4 is 11.1 Å². The van der Waals surface area contributed by atoms with Gasteiger partial charge in [-0.25, -0.2) is 9.79 Å². The monoisotopic (exact) mass is 290 g/mol. The van der Waals surface area contributed by atoms with E-state index in [1.807, 2.05) is 24.3 Å². The Labute approximate surface area is 125 Å². The molecule has 1 aliphatic rings. The summed E-state index contributed by atoms with van der Waals surface area (Å²) in [5, 5.41) is 2.61. The fourth-order valence-corrected chi connectivity index (χ4v) is 2.26. The van der Waals surface area contributed by atoms with E-state index in [1.165, 1.54) is 26.4 Å². The zero-order valence-corrected chi connectivity index (χ0v) is 12.3. The molecule has 6 heteroatoms. The van der Waals surface area contributed by atoms with Crippen molar-refractivity contribution in [3.8, 4) is 0 Å². The molecule has 1 aliphatic heterocycles. The van der Waals surface area contributed by atoms with Gasteiger partial charge in [0.2, 0.25) is 0 Å². The molecule has 2 rings (SSSR count). The molecule has 0 radical (unpaired) electrons. The zero-order valence-electron chi connectivity index (χ0n) is 12.3. The quantitative estimate of drug-likeness (QED) is 0.660. The minimum atomic E-state index is -0.477. The van der Waals surface area contributed by atoms with E-state index in [0.717, 1.165) is 18.7 Å². The summed E-state index contributed by atoms with van der Waals surface area (Å²) in [7, 11) is 1.34. The maximum Gasteiger partial charge on any atom is 0.411 e. The average molecular weight is 290 g/mol. The van der Waals surface area contributed by atoms with E-state index in [9.17, 15) is 4.79 Å². The van der Waals surface area contributed by atoms with Crippen LogP contribution in [0.4, 0.5) is 10.5 Å². The summed E-state index contributed by atoms with van der Waals surface area (Å²) in [6.07, 6.45) is 3.17. The van der Waals surface area contributed by atoms with Crippen LogP contribution in [0.5, 0.6) is 0 Å². The Morgan fingerprint density at radius 1 is 1.29 bits per heavy atom. The fourth-order valence-electron chi connectivity index (χ4n) is 2.26. The average Bonchev–Trinajstić information content (AvgIpc) is 2.54. The van der Waals surface area contributed by atoms with Crippen molar-refractivity contribution in [1.29, 1.82) is 0 Å². The van der Waals surface area contributed by atoms with E-state index in [2.05, 4.69) is 19.9 Å². The number of ether oxygens (including phenoxy) is 1. The van der Waals surface area contributed by atoms with Crippen LogP contribution in [-0.4, -0.2) is 37.2 Å². The lowest BCUT2D eigenvalue weighted by Crippen LogP contribution is -2.40. The van der Waals surface area contributed by atoms with Crippen LogP contribution in [0.3, 0.4) is 0 Å². The maximum atomic E-state index is 11.1. The highest BCUT2D eigenvalue weighted by atomic mass is 16.5. The van der Waals surface area contributed by atoms with Gasteiger partial charge in [-0.1, -0.05) is 12.1 Å². The standard InChI is InChI=1S/C15H22N4O2/c1-21-15(20)18-13-7-5-12(6-8-13)11-17-14(16)19-9-3-2-4-10-19/h5-8H,2-4,9-11H2,1H3,(H2,16,17)(H,18,20). The molecule has 0 atom stereocenters. The molecule has 0 aromatic heterocycles. The molecular weight excluding hydrogens is 268 g/mol. The first kappa shape index (κ1) is 15.2. The number of nitrogens with two attached hydrogens (primary N) is 1. The number of carbonyl (C=O) groups excluding carboxylic acids is 1. The van der Waals surface area contributed by atoms with Crippen LogP contribution in [0.2, 0.25) is 0 Å². The van der Waals surface area contributed by atoms with Gasteiger partial charge in [-0.05, 0) is 37.0 Å². The van der Waals surface area contributed by atoms with Gasteiger partial charge in [0.15, 0.2) is 5.96 Å². The smallest absolute Gasteiger partial charge is 0.411 e. The maximum absolute atomic E-state index is 11.1. The third kappa shape index (κ3) is 4.66. The molecule has 1 aromatic carbocycles. The molecule has 0 bridgehead atoms. The molecule has 0 spiro atoms. The number of carbonyl (C=O) groups is 1. The van der Waals surface area contributed by atoms with Crippen molar-refractivity contribution in [1.82, 2.24) is 4.90 Å².